The van der Waals surface area contributed by atoms with Crippen LogP contribution in [0.3, 0.4) is 0 Å². The second-order valence-corrected chi connectivity index (χ2v) is 6.02. The van der Waals surface area contributed by atoms with Crippen LogP contribution in [0.15, 0.2) is 0 Å². The summed E-state index contributed by atoms with van der Waals surface area (Å²) in [5, 5.41) is 7.53. The van der Waals surface area contributed by atoms with Crippen LogP contribution in [-0.2, 0) is 7.05 Å². The summed E-state index contributed by atoms with van der Waals surface area (Å²) in [5.74, 6) is 1.28. The SMILES string of the molecule is Cc1nn(C)c(C)c1C(=O)N[C@@H]1CCC[C@@H](C)[C@@H]1C. The lowest BCUT2D eigenvalue weighted by atomic mass is 9.78. The first kappa shape index (κ1) is 14.1. The number of rotatable bonds is 2. The largest absolute Gasteiger partial charge is 0.349 e. The molecular formula is C15H25N3O. The van der Waals surface area contributed by atoms with Crippen LogP contribution in [0.1, 0.15) is 54.9 Å². The summed E-state index contributed by atoms with van der Waals surface area (Å²) in [4.78, 5) is 12.5. The van der Waals surface area contributed by atoms with Crippen molar-refractivity contribution in [3.05, 3.63) is 17.0 Å². The minimum Gasteiger partial charge on any atom is -0.349 e. The molecule has 1 aromatic rings. The minimum atomic E-state index is 0.0362. The third kappa shape index (κ3) is 2.67. The second-order valence-electron chi connectivity index (χ2n) is 6.02. The highest BCUT2D eigenvalue weighted by Crippen LogP contribution is 2.29. The number of aryl methyl sites for hydroxylation is 2. The minimum absolute atomic E-state index is 0.0362. The first-order valence-electron chi connectivity index (χ1n) is 7.23. The van der Waals surface area contributed by atoms with Gasteiger partial charge < -0.3 is 5.32 Å². The van der Waals surface area contributed by atoms with Crippen molar-refractivity contribution >= 4 is 5.91 Å². The second kappa shape index (κ2) is 5.35. The molecule has 1 aliphatic carbocycles. The Bertz CT molecular complexity index is 478. The summed E-state index contributed by atoms with van der Waals surface area (Å²) >= 11 is 0. The van der Waals surface area contributed by atoms with Gasteiger partial charge in [-0.25, -0.2) is 0 Å². The first-order valence-corrected chi connectivity index (χ1v) is 7.23. The van der Waals surface area contributed by atoms with E-state index in [0.29, 0.717) is 17.9 Å². The lowest BCUT2D eigenvalue weighted by Crippen LogP contribution is -2.44. The van der Waals surface area contributed by atoms with Gasteiger partial charge in [0.2, 0.25) is 0 Å². The molecular weight excluding hydrogens is 238 g/mol. The van der Waals surface area contributed by atoms with Gasteiger partial charge in [-0.05, 0) is 32.1 Å². The van der Waals surface area contributed by atoms with E-state index in [2.05, 4.69) is 24.3 Å². The standard InChI is InChI=1S/C15H25N3O/c1-9-7-6-8-13(10(9)2)16-15(19)14-11(3)17-18(5)12(14)4/h9-10,13H,6-8H2,1-5H3,(H,16,19)/t9-,10+,13-/m1/s1. The van der Waals surface area contributed by atoms with Crippen LogP contribution in [-0.4, -0.2) is 21.7 Å². The highest BCUT2D eigenvalue weighted by Gasteiger charge is 2.29. The Morgan fingerprint density at radius 3 is 2.58 bits per heavy atom. The summed E-state index contributed by atoms with van der Waals surface area (Å²) in [5.41, 5.74) is 2.49. The van der Waals surface area contributed by atoms with Gasteiger partial charge in [0, 0.05) is 18.8 Å². The normalized spacial score (nSPS) is 27.3. The molecule has 1 aliphatic rings. The number of nitrogens with zero attached hydrogens (tertiary/aromatic N) is 2. The molecule has 106 valence electrons. The van der Waals surface area contributed by atoms with Gasteiger partial charge >= 0.3 is 0 Å². The molecule has 0 radical (unpaired) electrons. The highest BCUT2D eigenvalue weighted by molar-refractivity contribution is 5.96. The maximum atomic E-state index is 12.5. The quantitative estimate of drug-likeness (QED) is 0.891. The lowest BCUT2D eigenvalue weighted by Gasteiger charge is -2.34. The zero-order chi connectivity index (χ0) is 14.2. The molecule has 0 bridgehead atoms. The predicted octanol–water partition coefficient (Wildman–Crippen LogP) is 2.59. The Morgan fingerprint density at radius 1 is 1.32 bits per heavy atom. The molecule has 0 saturated heterocycles. The van der Waals surface area contributed by atoms with E-state index in [4.69, 9.17) is 0 Å². The van der Waals surface area contributed by atoms with E-state index >= 15 is 0 Å². The van der Waals surface area contributed by atoms with Gasteiger partial charge in [-0.3, -0.25) is 9.48 Å². The molecule has 0 aliphatic heterocycles. The molecule has 1 saturated carbocycles. The molecule has 1 N–H and O–H groups in total. The highest BCUT2D eigenvalue weighted by atomic mass is 16.1. The van der Waals surface area contributed by atoms with Crippen molar-refractivity contribution in [1.29, 1.82) is 0 Å². The van der Waals surface area contributed by atoms with E-state index in [1.807, 2.05) is 20.9 Å². The number of amides is 1. The molecule has 0 spiro atoms. The molecule has 19 heavy (non-hydrogen) atoms. The van der Waals surface area contributed by atoms with E-state index < -0.39 is 0 Å². The van der Waals surface area contributed by atoms with Gasteiger partial charge in [-0.15, -0.1) is 0 Å². The Balaban J connectivity index is 2.12. The fraction of sp³-hybridized carbons (Fsp3) is 0.733. The van der Waals surface area contributed by atoms with E-state index in [9.17, 15) is 4.79 Å². The maximum absolute atomic E-state index is 12.5. The number of hydrogen-bond donors (Lipinski definition) is 1. The lowest BCUT2D eigenvalue weighted by molar-refractivity contribution is 0.0889. The van der Waals surface area contributed by atoms with Crippen molar-refractivity contribution in [1.82, 2.24) is 15.1 Å². The van der Waals surface area contributed by atoms with E-state index in [-0.39, 0.29) is 5.91 Å². The Morgan fingerprint density at radius 2 is 2.00 bits per heavy atom. The maximum Gasteiger partial charge on any atom is 0.255 e. The molecule has 4 nitrogen and oxygen atoms in total. The molecule has 0 unspecified atom stereocenters. The summed E-state index contributed by atoms with van der Waals surface area (Å²) < 4.78 is 1.77. The van der Waals surface area contributed by atoms with Crippen molar-refractivity contribution in [2.24, 2.45) is 18.9 Å². The topological polar surface area (TPSA) is 46.9 Å². The van der Waals surface area contributed by atoms with Crippen molar-refractivity contribution in [3.63, 3.8) is 0 Å². The average Bonchev–Trinajstić information content (AvgIpc) is 2.59. The van der Waals surface area contributed by atoms with Crippen LogP contribution in [0.25, 0.3) is 0 Å². The first-order chi connectivity index (χ1) is 8.91. The van der Waals surface area contributed by atoms with E-state index in [1.54, 1.807) is 4.68 Å². The van der Waals surface area contributed by atoms with Crippen molar-refractivity contribution in [2.45, 2.75) is 53.0 Å². The summed E-state index contributed by atoms with van der Waals surface area (Å²) in [6.07, 6.45) is 3.58. The number of hydrogen-bond acceptors (Lipinski definition) is 2. The third-order valence-corrected chi connectivity index (χ3v) is 4.76. The number of aromatic nitrogens is 2. The van der Waals surface area contributed by atoms with E-state index in [0.717, 1.165) is 23.4 Å². The fourth-order valence-electron chi connectivity index (χ4n) is 3.13. The van der Waals surface area contributed by atoms with Crippen LogP contribution < -0.4 is 5.32 Å². The smallest absolute Gasteiger partial charge is 0.255 e. The monoisotopic (exact) mass is 263 g/mol. The van der Waals surface area contributed by atoms with Crippen LogP contribution in [0.5, 0.6) is 0 Å². The molecule has 1 fully saturated rings. The zero-order valence-electron chi connectivity index (χ0n) is 12.7. The zero-order valence-corrected chi connectivity index (χ0v) is 12.7. The summed E-state index contributed by atoms with van der Waals surface area (Å²) in [6.45, 7) is 8.37. The van der Waals surface area contributed by atoms with Crippen molar-refractivity contribution in [2.75, 3.05) is 0 Å². The third-order valence-electron chi connectivity index (χ3n) is 4.76. The van der Waals surface area contributed by atoms with Gasteiger partial charge in [0.1, 0.15) is 0 Å². The van der Waals surface area contributed by atoms with Gasteiger partial charge in [-0.2, -0.15) is 5.10 Å². The Labute approximate surface area is 115 Å². The molecule has 1 aromatic heterocycles. The van der Waals surface area contributed by atoms with Crippen LogP contribution in [0.2, 0.25) is 0 Å². The van der Waals surface area contributed by atoms with Crippen LogP contribution in [0, 0.1) is 25.7 Å². The molecule has 1 heterocycles. The number of carbonyl (C=O) groups is 1. The van der Waals surface area contributed by atoms with Gasteiger partial charge in [0.15, 0.2) is 0 Å². The van der Waals surface area contributed by atoms with E-state index in [1.165, 1.54) is 12.8 Å². The molecule has 2 rings (SSSR count). The fourth-order valence-corrected chi connectivity index (χ4v) is 3.13. The van der Waals surface area contributed by atoms with Crippen LogP contribution >= 0.6 is 0 Å². The molecule has 1 amide bonds. The Hall–Kier alpha value is -1.32. The average molecular weight is 263 g/mol. The van der Waals surface area contributed by atoms with Gasteiger partial charge in [-0.1, -0.05) is 26.7 Å². The summed E-state index contributed by atoms with van der Waals surface area (Å²) in [7, 11) is 1.88. The van der Waals surface area contributed by atoms with Crippen LogP contribution in [0.4, 0.5) is 0 Å². The Kier molecular flexibility index (Phi) is 3.97. The van der Waals surface area contributed by atoms with Gasteiger partial charge in [0.05, 0.1) is 11.3 Å². The number of nitrogens with one attached hydrogen (secondary N) is 1. The predicted molar refractivity (Wildman–Crippen MR) is 76.1 cm³/mol. The molecule has 0 aromatic carbocycles. The van der Waals surface area contributed by atoms with Gasteiger partial charge in [0.25, 0.3) is 5.91 Å². The number of carbonyl (C=O) groups excluding carboxylic acids is 1. The van der Waals surface area contributed by atoms with Crippen molar-refractivity contribution in [3.8, 4) is 0 Å². The summed E-state index contributed by atoms with van der Waals surface area (Å²) in [6, 6.07) is 0.301. The molecule has 4 heteroatoms. The molecule has 3 atom stereocenters. The van der Waals surface area contributed by atoms with Crippen molar-refractivity contribution < 1.29 is 4.79 Å².